The van der Waals surface area contributed by atoms with Crippen LogP contribution in [0.15, 0.2) is 35.9 Å². The predicted molar refractivity (Wildman–Crippen MR) is 78.3 cm³/mol. The van der Waals surface area contributed by atoms with Gasteiger partial charge in [-0.2, -0.15) is 0 Å². The molecule has 1 aliphatic heterocycles. The van der Waals surface area contributed by atoms with Crippen LogP contribution < -0.4 is 15.4 Å². The Morgan fingerprint density at radius 3 is 2.77 bits per heavy atom. The van der Waals surface area contributed by atoms with Crippen LogP contribution in [0.2, 0.25) is 0 Å². The van der Waals surface area contributed by atoms with E-state index in [1.165, 1.54) is 12.1 Å². The summed E-state index contributed by atoms with van der Waals surface area (Å²) < 4.78 is 40.2. The number of rotatable bonds is 4. The molecule has 0 saturated carbocycles. The summed E-state index contributed by atoms with van der Waals surface area (Å²) in [7, 11) is 0. The molecule has 0 aromatic heterocycles. The van der Waals surface area contributed by atoms with Crippen LogP contribution in [0.4, 0.5) is 13.2 Å². The van der Waals surface area contributed by atoms with E-state index in [2.05, 4.69) is 15.4 Å². The number of carbonyl (C=O) groups is 1. The summed E-state index contributed by atoms with van der Waals surface area (Å²) in [4.78, 5) is 11.9. The monoisotopic (exact) mass is 336 g/mol. The Bertz CT molecular complexity index is 547. The molecule has 2 rings (SSSR count). The largest absolute Gasteiger partial charge is 0.573 e. The molecule has 22 heavy (non-hydrogen) atoms. The van der Waals surface area contributed by atoms with E-state index in [0.29, 0.717) is 6.54 Å². The number of hydrogen-bond donors (Lipinski definition) is 2. The van der Waals surface area contributed by atoms with E-state index in [0.717, 1.165) is 37.2 Å². The third-order valence-electron chi connectivity index (χ3n) is 2.96. The average Bonchev–Trinajstić information content (AvgIpc) is 2.44. The van der Waals surface area contributed by atoms with Crippen molar-refractivity contribution in [2.45, 2.75) is 12.8 Å². The molecule has 4 nitrogen and oxygen atoms in total. The van der Waals surface area contributed by atoms with Crippen LogP contribution in [0.1, 0.15) is 16.8 Å². The zero-order chi connectivity index (χ0) is 15.3. The molecule has 1 aromatic carbocycles. The summed E-state index contributed by atoms with van der Waals surface area (Å²) in [6, 6.07) is 5.01. The number of amides is 1. The quantitative estimate of drug-likeness (QED) is 0.831. The number of ether oxygens (including phenoxy) is 1. The number of hydrogen-bond acceptors (Lipinski definition) is 3. The maximum Gasteiger partial charge on any atom is 0.573 e. The van der Waals surface area contributed by atoms with Gasteiger partial charge in [-0.15, -0.1) is 25.6 Å². The second-order valence-electron chi connectivity index (χ2n) is 4.57. The molecule has 0 spiro atoms. The minimum absolute atomic E-state index is 0. The minimum atomic E-state index is -4.77. The first-order valence-corrected chi connectivity index (χ1v) is 6.47. The molecule has 2 N–H and O–H groups in total. The fraction of sp³-hybridized carbons (Fsp3) is 0.357. The molecular weight excluding hydrogens is 321 g/mol. The molecule has 0 bridgehead atoms. The van der Waals surface area contributed by atoms with Gasteiger partial charge < -0.3 is 15.4 Å². The number of nitrogens with one attached hydrogen (secondary N) is 2. The maximum atomic E-state index is 12.1. The first kappa shape index (κ1) is 18.3. The van der Waals surface area contributed by atoms with Crippen LogP contribution >= 0.6 is 12.4 Å². The third kappa shape index (κ3) is 5.95. The number of halogens is 4. The van der Waals surface area contributed by atoms with Gasteiger partial charge >= 0.3 is 6.36 Å². The molecule has 0 fully saturated rings. The summed E-state index contributed by atoms with van der Waals surface area (Å²) in [5.41, 5.74) is 1.23. The van der Waals surface area contributed by atoms with Crippen LogP contribution in [0.5, 0.6) is 5.75 Å². The Morgan fingerprint density at radius 2 is 2.14 bits per heavy atom. The van der Waals surface area contributed by atoms with Crippen LogP contribution in [-0.4, -0.2) is 31.9 Å². The first-order valence-electron chi connectivity index (χ1n) is 6.47. The fourth-order valence-corrected chi connectivity index (χ4v) is 1.96. The van der Waals surface area contributed by atoms with Crippen molar-refractivity contribution in [2.24, 2.45) is 0 Å². The lowest BCUT2D eigenvalue weighted by molar-refractivity contribution is -0.274. The molecule has 0 unspecified atom stereocenters. The van der Waals surface area contributed by atoms with Gasteiger partial charge in [0.2, 0.25) is 0 Å². The zero-order valence-electron chi connectivity index (χ0n) is 11.6. The molecule has 122 valence electrons. The van der Waals surface area contributed by atoms with Crippen molar-refractivity contribution < 1.29 is 22.7 Å². The summed E-state index contributed by atoms with van der Waals surface area (Å²) in [6.07, 6.45) is -1.93. The summed E-state index contributed by atoms with van der Waals surface area (Å²) in [5.74, 6) is -0.835. The Balaban J connectivity index is 0.00000242. The van der Waals surface area contributed by atoms with Gasteiger partial charge in [0.25, 0.3) is 5.91 Å². The van der Waals surface area contributed by atoms with Crippen LogP contribution in [0.3, 0.4) is 0 Å². The van der Waals surface area contributed by atoms with Gasteiger partial charge in [0.15, 0.2) is 0 Å². The van der Waals surface area contributed by atoms with E-state index in [4.69, 9.17) is 0 Å². The van der Waals surface area contributed by atoms with Gasteiger partial charge in [-0.3, -0.25) is 4.79 Å². The van der Waals surface area contributed by atoms with Crippen molar-refractivity contribution in [2.75, 3.05) is 19.6 Å². The van der Waals surface area contributed by atoms with Crippen LogP contribution in [0, 0.1) is 0 Å². The van der Waals surface area contributed by atoms with Gasteiger partial charge in [0, 0.05) is 18.7 Å². The second-order valence-corrected chi connectivity index (χ2v) is 4.57. The molecule has 1 heterocycles. The second kappa shape index (κ2) is 8.05. The fourth-order valence-electron chi connectivity index (χ4n) is 1.96. The Kier molecular flexibility index (Phi) is 6.70. The number of alkyl halides is 3. The lowest BCUT2D eigenvalue weighted by Crippen LogP contribution is -2.29. The standard InChI is InChI=1S/C14H15F3N2O2.ClH/c15-14(16,17)21-12-3-1-2-11(8-12)13(20)19-9-10-4-6-18-7-5-10;/h1-4,8,18H,5-7,9H2,(H,19,20);1H. The molecule has 1 amide bonds. The highest BCUT2D eigenvalue weighted by Gasteiger charge is 2.31. The highest BCUT2D eigenvalue weighted by atomic mass is 35.5. The topological polar surface area (TPSA) is 50.4 Å². The molecule has 0 radical (unpaired) electrons. The summed E-state index contributed by atoms with van der Waals surface area (Å²) in [5, 5.41) is 5.84. The number of benzene rings is 1. The molecule has 0 aliphatic carbocycles. The Labute approximate surface area is 132 Å². The van der Waals surface area contributed by atoms with E-state index in [-0.39, 0.29) is 18.0 Å². The van der Waals surface area contributed by atoms with Gasteiger partial charge in [-0.25, -0.2) is 0 Å². The van der Waals surface area contributed by atoms with Gasteiger partial charge in [-0.1, -0.05) is 17.7 Å². The van der Waals surface area contributed by atoms with E-state index in [1.807, 2.05) is 6.08 Å². The molecule has 1 aliphatic rings. The van der Waals surface area contributed by atoms with Crippen molar-refractivity contribution in [3.8, 4) is 5.75 Å². The van der Waals surface area contributed by atoms with Crippen LogP contribution in [0.25, 0.3) is 0 Å². The van der Waals surface area contributed by atoms with E-state index in [1.54, 1.807) is 0 Å². The van der Waals surface area contributed by atoms with E-state index in [9.17, 15) is 18.0 Å². The molecular formula is C14H16ClF3N2O2. The Morgan fingerprint density at radius 1 is 1.36 bits per heavy atom. The minimum Gasteiger partial charge on any atom is -0.406 e. The first-order chi connectivity index (χ1) is 9.94. The summed E-state index contributed by atoms with van der Waals surface area (Å²) >= 11 is 0. The predicted octanol–water partition coefficient (Wildman–Crippen LogP) is 2.66. The Hall–Kier alpha value is -1.73. The zero-order valence-corrected chi connectivity index (χ0v) is 12.4. The third-order valence-corrected chi connectivity index (χ3v) is 2.96. The van der Waals surface area contributed by atoms with Gasteiger partial charge in [-0.05, 0) is 31.2 Å². The highest BCUT2D eigenvalue weighted by molar-refractivity contribution is 5.94. The SMILES string of the molecule is Cl.O=C(NCC1=CCNCC1)c1cccc(OC(F)(F)F)c1. The van der Waals surface area contributed by atoms with E-state index >= 15 is 0 Å². The molecule has 1 aromatic rings. The van der Waals surface area contributed by atoms with Gasteiger partial charge in [0.05, 0.1) is 0 Å². The van der Waals surface area contributed by atoms with Crippen LogP contribution in [-0.2, 0) is 0 Å². The van der Waals surface area contributed by atoms with Crippen molar-refractivity contribution in [3.05, 3.63) is 41.5 Å². The highest BCUT2D eigenvalue weighted by Crippen LogP contribution is 2.23. The van der Waals surface area contributed by atoms with Crippen molar-refractivity contribution >= 4 is 18.3 Å². The number of carbonyl (C=O) groups excluding carboxylic acids is 1. The van der Waals surface area contributed by atoms with Crippen molar-refractivity contribution in [1.82, 2.24) is 10.6 Å². The molecule has 0 atom stereocenters. The van der Waals surface area contributed by atoms with Crippen molar-refractivity contribution in [3.63, 3.8) is 0 Å². The summed E-state index contributed by atoms with van der Waals surface area (Å²) in [6.45, 7) is 2.02. The maximum absolute atomic E-state index is 12.1. The molecule has 0 saturated heterocycles. The van der Waals surface area contributed by atoms with Crippen molar-refractivity contribution in [1.29, 1.82) is 0 Å². The van der Waals surface area contributed by atoms with Gasteiger partial charge in [0.1, 0.15) is 5.75 Å². The van der Waals surface area contributed by atoms with E-state index < -0.39 is 18.0 Å². The normalized spacial score (nSPS) is 14.6. The average molecular weight is 337 g/mol. The molecule has 8 heteroatoms. The lowest BCUT2D eigenvalue weighted by atomic mass is 10.1. The lowest BCUT2D eigenvalue weighted by Gasteiger charge is -2.15. The smallest absolute Gasteiger partial charge is 0.406 e.